The summed E-state index contributed by atoms with van der Waals surface area (Å²) in [7, 11) is 0. The molecular weight excluding hydrogens is 601 g/mol. The first-order valence-electron chi connectivity index (χ1n) is 23.6. The molecule has 0 saturated heterocycles. The first kappa shape index (κ1) is 47.0. The van der Waals surface area contributed by atoms with Crippen LogP contribution in [0.4, 0.5) is 0 Å². The van der Waals surface area contributed by atoms with Gasteiger partial charge in [-0.15, -0.1) is 0 Å². The van der Waals surface area contributed by atoms with Crippen LogP contribution < -0.4 is 0 Å². The Hall–Kier alpha value is -1.04. The van der Waals surface area contributed by atoms with Gasteiger partial charge in [0.05, 0.1) is 0 Å². The number of hydrogen-bond donors (Lipinski definition) is 0. The Bertz CT molecular complexity index is 832. The van der Waals surface area contributed by atoms with E-state index in [0.29, 0.717) is 0 Å². The molecule has 1 aromatic carbocycles. The van der Waals surface area contributed by atoms with Crippen molar-refractivity contribution in [2.75, 3.05) is 0 Å². The fourth-order valence-electron chi connectivity index (χ4n) is 8.14. The van der Waals surface area contributed by atoms with Crippen LogP contribution in [-0.4, -0.2) is 0 Å². The van der Waals surface area contributed by atoms with E-state index in [1.54, 1.807) is 16.7 Å². The molecule has 292 valence electrons. The topological polar surface area (TPSA) is 0 Å². The second-order valence-electron chi connectivity index (χ2n) is 16.4. The number of unbranched alkanes of at least 4 members (excludes halogenated alkanes) is 30. The van der Waals surface area contributed by atoms with Crippen LogP contribution in [0, 0.1) is 0 Å². The van der Waals surface area contributed by atoms with E-state index >= 15 is 0 Å². The second kappa shape index (κ2) is 37.7. The van der Waals surface area contributed by atoms with Crippen LogP contribution in [0.5, 0.6) is 0 Å². The molecule has 1 aromatic rings. The van der Waals surface area contributed by atoms with Gasteiger partial charge in [0.25, 0.3) is 0 Å². The minimum atomic E-state index is 0.735. The van der Waals surface area contributed by atoms with Crippen molar-refractivity contribution in [2.45, 2.75) is 271 Å². The molecule has 0 aliphatic heterocycles. The van der Waals surface area contributed by atoms with Crippen LogP contribution in [-0.2, 0) is 0 Å². The third kappa shape index (κ3) is 27.6. The molecule has 0 radical (unpaired) electrons. The number of rotatable bonds is 39. The van der Waals surface area contributed by atoms with Crippen molar-refractivity contribution in [3.63, 3.8) is 0 Å². The Labute approximate surface area is 317 Å². The number of benzene rings is 1. The molecule has 0 aromatic heterocycles. The molecule has 0 nitrogen and oxygen atoms in total. The molecular formula is C50H92. The van der Waals surface area contributed by atoms with Gasteiger partial charge >= 0.3 is 0 Å². The van der Waals surface area contributed by atoms with Crippen LogP contribution >= 0.6 is 0 Å². The maximum absolute atomic E-state index is 2.67. The van der Waals surface area contributed by atoms with E-state index in [2.05, 4.69) is 58.0 Å². The zero-order valence-corrected chi connectivity index (χ0v) is 35.1. The molecule has 0 aliphatic carbocycles. The number of allylic oxidation sites excluding steroid dienone is 2. The van der Waals surface area contributed by atoms with Crippen LogP contribution in [0.1, 0.15) is 282 Å². The van der Waals surface area contributed by atoms with Gasteiger partial charge in [-0.05, 0) is 61.1 Å². The highest BCUT2D eigenvalue weighted by Crippen LogP contribution is 2.35. The molecule has 0 fully saturated rings. The smallest absolute Gasteiger partial charge is 0.0156 e. The second-order valence-corrected chi connectivity index (χ2v) is 16.4. The largest absolute Gasteiger partial charge is 0.0807 e. The van der Waals surface area contributed by atoms with Gasteiger partial charge in [-0.2, -0.15) is 0 Å². The summed E-state index contributed by atoms with van der Waals surface area (Å²) in [5, 5.41) is 0. The first-order valence-corrected chi connectivity index (χ1v) is 23.6. The van der Waals surface area contributed by atoms with E-state index in [-0.39, 0.29) is 0 Å². The molecule has 1 unspecified atom stereocenters. The van der Waals surface area contributed by atoms with Crippen LogP contribution in [0.2, 0.25) is 0 Å². The zero-order chi connectivity index (χ0) is 36.0. The lowest BCUT2D eigenvalue weighted by Gasteiger charge is -2.22. The molecule has 1 atom stereocenters. The summed E-state index contributed by atoms with van der Waals surface area (Å²) in [6.07, 6.45) is 55.2. The maximum Gasteiger partial charge on any atom is -0.0156 e. The van der Waals surface area contributed by atoms with Crippen molar-refractivity contribution in [3.05, 3.63) is 41.5 Å². The fraction of sp³-hybridized carbons (Fsp3) is 0.840. The summed E-state index contributed by atoms with van der Waals surface area (Å²) in [6.45, 7) is 9.36. The summed E-state index contributed by atoms with van der Waals surface area (Å²) in [5.74, 6) is 0.735. The van der Waals surface area contributed by atoms with Gasteiger partial charge < -0.3 is 0 Å². The summed E-state index contributed by atoms with van der Waals surface area (Å²) < 4.78 is 0. The van der Waals surface area contributed by atoms with Crippen LogP contribution in [0.15, 0.2) is 30.3 Å². The highest BCUT2D eigenvalue weighted by atomic mass is 14.2. The van der Waals surface area contributed by atoms with Crippen molar-refractivity contribution < 1.29 is 0 Å². The number of hydrogen-bond acceptors (Lipinski definition) is 0. The molecule has 1 rings (SSSR count). The van der Waals surface area contributed by atoms with Gasteiger partial charge in [-0.3, -0.25) is 0 Å². The van der Waals surface area contributed by atoms with Gasteiger partial charge in [-0.25, -0.2) is 0 Å². The maximum atomic E-state index is 2.67. The van der Waals surface area contributed by atoms with E-state index in [4.69, 9.17) is 0 Å². The lowest BCUT2D eigenvalue weighted by atomic mass is 9.83. The SMILES string of the molecule is CCCCCCCCCCCCCCCCC=C(CCCC)c1ccccc1C(CCCC)CCCCCCCCCCCCCCCCC. The Kier molecular flexibility index (Phi) is 35.4. The molecule has 0 spiro atoms. The lowest BCUT2D eigenvalue weighted by molar-refractivity contribution is 0.494. The first-order chi connectivity index (χ1) is 24.8. The molecule has 0 heteroatoms. The fourth-order valence-corrected chi connectivity index (χ4v) is 8.14. The molecule has 0 heterocycles. The molecule has 0 amide bonds. The van der Waals surface area contributed by atoms with Gasteiger partial charge in [0, 0.05) is 0 Å². The third-order valence-corrected chi connectivity index (χ3v) is 11.6. The van der Waals surface area contributed by atoms with Crippen LogP contribution in [0.25, 0.3) is 5.57 Å². The van der Waals surface area contributed by atoms with Gasteiger partial charge in [0.2, 0.25) is 0 Å². The quantitative estimate of drug-likeness (QED) is 0.0603. The summed E-state index contributed by atoms with van der Waals surface area (Å²) in [6, 6.07) is 9.63. The highest BCUT2D eigenvalue weighted by molar-refractivity contribution is 5.69. The van der Waals surface area contributed by atoms with Gasteiger partial charge in [0.15, 0.2) is 0 Å². The van der Waals surface area contributed by atoms with Gasteiger partial charge in [0.1, 0.15) is 0 Å². The Morgan fingerprint density at radius 2 is 0.760 bits per heavy atom. The van der Waals surface area contributed by atoms with Crippen molar-refractivity contribution in [1.82, 2.24) is 0 Å². The van der Waals surface area contributed by atoms with Crippen molar-refractivity contribution >= 4 is 5.57 Å². The molecule has 0 aliphatic rings. The van der Waals surface area contributed by atoms with Crippen LogP contribution in [0.3, 0.4) is 0 Å². The summed E-state index contributed by atoms with van der Waals surface area (Å²) in [4.78, 5) is 0. The Balaban J connectivity index is 2.42. The van der Waals surface area contributed by atoms with Crippen molar-refractivity contribution in [1.29, 1.82) is 0 Å². The molecule has 0 bridgehead atoms. The minimum Gasteiger partial charge on any atom is -0.0807 e. The molecule has 50 heavy (non-hydrogen) atoms. The minimum absolute atomic E-state index is 0.735. The molecule has 0 N–H and O–H groups in total. The average Bonchev–Trinajstić information content (AvgIpc) is 3.14. The summed E-state index contributed by atoms with van der Waals surface area (Å²) >= 11 is 0. The van der Waals surface area contributed by atoms with Crippen molar-refractivity contribution in [2.24, 2.45) is 0 Å². The lowest BCUT2D eigenvalue weighted by Crippen LogP contribution is -2.04. The van der Waals surface area contributed by atoms with E-state index in [1.165, 1.54) is 238 Å². The molecule has 0 saturated carbocycles. The van der Waals surface area contributed by atoms with Gasteiger partial charge in [-0.1, -0.05) is 257 Å². The zero-order valence-electron chi connectivity index (χ0n) is 35.1. The van der Waals surface area contributed by atoms with E-state index < -0.39 is 0 Å². The van der Waals surface area contributed by atoms with E-state index in [9.17, 15) is 0 Å². The standard InChI is InChI=1S/C50H92/c1-5-9-13-15-17-19-21-23-25-27-29-31-33-35-37-43-47(41-11-7-3)49-45-39-40-46-50(49)48(42-12-8-4)44-38-36-34-32-30-28-26-24-22-20-18-16-14-10-6-2/h39-40,43,45-46,48H,5-38,41-42,44H2,1-4H3. The average molecular weight is 693 g/mol. The third-order valence-electron chi connectivity index (χ3n) is 11.6. The van der Waals surface area contributed by atoms with E-state index in [1.807, 2.05) is 0 Å². The van der Waals surface area contributed by atoms with E-state index in [0.717, 1.165) is 5.92 Å². The summed E-state index contributed by atoms with van der Waals surface area (Å²) in [5.41, 5.74) is 4.94. The normalized spacial score (nSPS) is 12.6. The predicted octanol–water partition coefficient (Wildman–Crippen LogP) is 18.7. The monoisotopic (exact) mass is 693 g/mol. The Morgan fingerprint density at radius 1 is 0.400 bits per heavy atom. The van der Waals surface area contributed by atoms with Crippen molar-refractivity contribution in [3.8, 4) is 0 Å². The predicted molar refractivity (Wildman–Crippen MR) is 231 cm³/mol. The highest BCUT2D eigenvalue weighted by Gasteiger charge is 2.17. The Morgan fingerprint density at radius 3 is 1.20 bits per heavy atom.